The molecule has 0 spiro atoms. The van der Waals surface area contributed by atoms with Gasteiger partial charge in [-0.15, -0.1) is 0 Å². The molecule has 0 unspecified atom stereocenters. The number of carbonyl (C=O) groups excluding carboxylic acids is 1. The van der Waals surface area contributed by atoms with Crippen LogP contribution in [0.25, 0.3) is 0 Å². The van der Waals surface area contributed by atoms with Crippen molar-refractivity contribution in [3.05, 3.63) is 29.8 Å². The van der Waals surface area contributed by atoms with Gasteiger partial charge in [-0.3, -0.25) is 4.79 Å². The fourth-order valence-corrected chi connectivity index (χ4v) is 1.77. The lowest BCUT2D eigenvalue weighted by Crippen LogP contribution is -2.19. The van der Waals surface area contributed by atoms with Crippen LogP contribution in [0, 0.1) is 5.41 Å². The summed E-state index contributed by atoms with van der Waals surface area (Å²) in [5.41, 5.74) is 2.05. The van der Waals surface area contributed by atoms with Gasteiger partial charge in [-0.2, -0.15) is 0 Å². The first-order valence-electron chi connectivity index (χ1n) is 5.35. The number of hydrogen-bond acceptors (Lipinski definition) is 1. The highest BCUT2D eigenvalue weighted by Gasteiger charge is 2.15. The molecule has 0 aliphatic heterocycles. The quantitative estimate of drug-likeness (QED) is 0.836. The van der Waals surface area contributed by atoms with Gasteiger partial charge in [0.2, 0.25) is 5.91 Å². The molecule has 0 saturated heterocycles. The van der Waals surface area contributed by atoms with Crippen molar-refractivity contribution >= 4 is 27.5 Å². The minimum absolute atomic E-state index is 0.0249. The molecule has 2 nitrogen and oxygen atoms in total. The van der Waals surface area contributed by atoms with Crippen LogP contribution in [-0.4, -0.2) is 5.91 Å². The van der Waals surface area contributed by atoms with E-state index >= 15 is 0 Å². The SMILES string of the molecule is CC(C)(C)CC(=O)Nc1cccc(CBr)c1. The Hall–Kier alpha value is -0.830. The van der Waals surface area contributed by atoms with Crippen molar-refractivity contribution in [3.8, 4) is 0 Å². The Balaban J connectivity index is 2.62. The molecular formula is C13H18BrNO. The summed E-state index contributed by atoms with van der Waals surface area (Å²) in [7, 11) is 0. The van der Waals surface area contributed by atoms with Crippen LogP contribution in [0.2, 0.25) is 0 Å². The second-order valence-corrected chi connectivity index (χ2v) is 5.68. The zero-order chi connectivity index (χ0) is 12.2. The molecular weight excluding hydrogens is 266 g/mol. The highest BCUT2D eigenvalue weighted by molar-refractivity contribution is 9.08. The summed E-state index contributed by atoms with van der Waals surface area (Å²) >= 11 is 3.39. The van der Waals surface area contributed by atoms with Crippen molar-refractivity contribution in [2.75, 3.05) is 5.32 Å². The average Bonchev–Trinajstić information content (AvgIpc) is 2.15. The molecule has 1 rings (SSSR count). The van der Waals surface area contributed by atoms with E-state index in [4.69, 9.17) is 0 Å². The van der Waals surface area contributed by atoms with Gasteiger partial charge in [0.15, 0.2) is 0 Å². The van der Waals surface area contributed by atoms with Gasteiger partial charge in [0, 0.05) is 17.4 Å². The third-order valence-electron chi connectivity index (χ3n) is 2.06. The molecule has 0 atom stereocenters. The lowest BCUT2D eigenvalue weighted by Gasteiger charge is -2.17. The Morgan fingerprint density at radius 1 is 1.38 bits per heavy atom. The smallest absolute Gasteiger partial charge is 0.224 e. The Morgan fingerprint density at radius 3 is 2.62 bits per heavy atom. The van der Waals surface area contributed by atoms with Crippen molar-refractivity contribution in [1.29, 1.82) is 0 Å². The number of nitrogens with one attached hydrogen (secondary N) is 1. The summed E-state index contributed by atoms with van der Waals surface area (Å²) in [6.07, 6.45) is 0.533. The van der Waals surface area contributed by atoms with E-state index in [-0.39, 0.29) is 11.3 Å². The lowest BCUT2D eigenvalue weighted by atomic mass is 9.92. The number of benzene rings is 1. The second kappa shape index (κ2) is 5.48. The number of amides is 1. The highest BCUT2D eigenvalue weighted by Crippen LogP contribution is 2.20. The van der Waals surface area contributed by atoms with Gasteiger partial charge >= 0.3 is 0 Å². The summed E-state index contributed by atoms with van der Waals surface area (Å²) in [6, 6.07) is 7.86. The fraction of sp³-hybridized carbons (Fsp3) is 0.462. The number of carbonyl (C=O) groups is 1. The van der Waals surface area contributed by atoms with Crippen LogP contribution in [0.4, 0.5) is 5.69 Å². The molecule has 1 N–H and O–H groups in total. The Bertz CT molecular complexity index is 368. The molecule has 0 radical (unpaired) electrons. The molecule has 1 aromatic carbocycles. The predicted octanol–water partition coefficient (Wildman–Crippen LogP) is 3.96. The molecule has 0 bridgehead atoms. The molecule has 0 heterocycles. The number of rotatable bonds is 3. The first-order valence-corrected chi connectivity index (χ1v) is 6.47. The Kier molecular flexibility index (Phi) is 4.54. The topological polar surface area (TPSA) is 29.1 Å². The van der Waals surface area contributed by atoms with Gasteiger partial charge in [0.05, 0.1) is 0 Å². The summed E-state index contributed by atoms with van der Waals surface area (Å²) in [6.45, 7) is 6.17. The van der Waals surface area contributed by atoms with Crippen molar-refractivity contribution in [2.45, 2.75) is 32.5 Å². The van der Waals surface area contributed by atoms with E-state index in [1.54, 1.807) is 0 Å². The number of anilines is 1. The van der Waals surface area contributed by atoms with E-state index in [1.807, 2.05) is 24.3 Å². The van der Waals surface area contributed by atoms with Gasteiger partial charge < -0.3 is 5.32 Å². The summed E-state index contributed by atoms with van der Waals surface area (Å²) in [5.74, 6) is 0.0687. The first-order chi connectivity index (χ1) is 7.40. The maximum absolute atomic E-state index is 11.7. The maximum atomic E-state index is 11.7. The molecule has 88 valence electrons. The molecule has 0 aliphatic rings. The minimum atomic E-state index is 0.0249. The average molecular weight is 284 g/mol. The lowest BCUT2D eigenvalue weighted by molar-refractivity contribution is -0.117. The fourth-order valence-electron chi connectivity index (χ4n) is 1.42. The van der Waals surface area contributed by atoms with Crippen LogP contribution < -0.4 is 5.32 Å². The first kappa shape index (κ1) is 13.2. The third kappa shape index (κ3) is 4.79. The molecule has 16 heavy (non-hydrogen) atoms. The molecule has 0 saturated carbocycles. The van der Waals surface area contributed by atoms with E-state index in [2.05, 4.69) is 42.0 Å². The third-order valence-corrected chi connectivity index (χ3v) is 2.70. The normalized spacial score (nSPS) is 11.2. The van der Waals surface area contributed by atoms with E-state index in [1.165, 1.54) is 0 Å². The van der Waals surface area contributed by atoms with Crippen LogP contribution >= 0.6 is 15.9 Å². The van der Waals surface area contributed by atoms with Crippen molar-refractivity contribution in [3.63, 3.8) is 0 Å². The molecule has 0 aromatic heterocycles. The summed E-state index contributed by atoms with van der Waals surface area (Å²) in [5, 5.41) is 3.71. The van der Waals surface area contributed by atoms with Crippen molar-refractivity contribution in [2.24, 2.45) is 5.41 Å². The number of alkyl halides is 1. The molecule has 0 fully saturated rings. The van der Waals surface area contributed by atoms with Crippen LogP contribution in [0.5, 0.6) is 0 Å². The zero-order valence-corrected chi connectivity index (χ0v) is 11.6. The van der Waals surface area contributed by atoms with Gasteiger partial charge in [-0.05, 0) is 23.1 Å². The van der Waals surface area contributed by atoms with E-state index in [0.29, 0.717) is 6.42 Å². The van der Waals surface area contributed by atoms with Gasteiger partial charge in [0.1, 0.15) is 0 Å². The Morgan fingerprint density at radius 2 is 2.06 bits per heavy atom. The maximum Gasteiger partial charge on any atom is 0.224 e. The largest absolute Gasteiger partial charge is 0.326 e. The van der Waals surface area contributed by atoms with E-state index in [0.717, 1.165) is 16.6 Å². The van der Waals surface area contributed by atoms with E-state index in [9.17, 15) is 4.79 Å². The minimum Gasteiger partial charge on any atom is -0.326 e. The molecule has 3 heteroatoms. The van der Waals surface area contributed by atoms with Crippen molar-refractivity contribution in [1.82, 2.24) is 0 Å². The summed E-state index contributed by atoms with van der Waals surface area (Å²) in [4.78, 5) is 11.7. The number of halogens is 1. The van der Waals surface area contributed by atoms with Crippen LogP contribution in [-0.2, 0) is 10.1 Å². The van der Waals surface area contributed by atoms with Crippen LogP contribution in [0.15, 0.2) is 24.3 Å². The summed E-state index contributed by atoms with van der Waals surface area (Å²) < 4.78 is 0. The monoisotopic (exact) mass is 283 g/mol. The highest BCUT2D eigenvalue weighted by atomic mass is 79.9. The van der Waals surface area contributed by atoms with Gasteiger partial charge in [0.25, 0.3) is 0 Å². The second-order valence-electron chi connectivity index (χ2n) is 5.12. The van der Waals surface area contributed by atoms with Crippen LogP contribution in [0.3, 0.4) is 0 Å². The number of hydrogen-bond donors (Lipinski definition) is 1. The molecule has 1 amide bonds. The van der Waals surface area contributed by atoms with Crippen molar-refractivity contribution < 1.29 is 4.79 Å². The standard InChI is InChI=1S/C13H18BrNO/c1-13(2,3)8-12(16)15-11-6-4-5-10(7-11)9-14/h4-7H,8-9H2,1-3H3,(H,15,16). The van der Waals surface area contributed by atoms with Gasteiger partial charge in [-0.1, -0.05) is 48.8 Å². The van der Waals surface area contributed by atoms with Crippen LogP contribution in [0.1, 0.15) is 32.8 Å². The molecule has 0 aliphatic carbocycles. The molecule has 1 aromatic rings. The Labute approximate surface area is 106 Å². The van der Waals surface area contributed by atoms with E-state index < -0.39 is 0 Å². The van der Waals surface area contributed by atoms with Gasteiger partial charge in [-0.25, -0.2) is 0 Å². The predicted molar refractivity (Wildman–Crippen MR) is 71.8 cm³/mol. The zero-order valence-electron chi connectivity index (χ0n) is 10.0.